The number of fused-ring (bicyclic) bond motifs is 2. The minimum Gasteiger partial charge on any atom is -0.344 e. The first-order valence-corrected chi connectivity index (χ1v) is 5.25. The lowest BCUT2D eigenvalue weighted by Gasteiger charge is -2.38. The Labute approximate surface area is 83.6 Å². The van der Waals surface area contributed by atoms with E-state index >= 15 is 0 Å². The maximum Gasteiger partial charge on any atom is 0.237 e. The van der Waals surface area contributed by atoms with Crippen molar-refractivity contribution in [1.82, 2.24) is 10.2 Å². The summed E-state index contributed by atoms with van der Waals surface area (Å²) < 4.78 is 0. The molecule has 0 aromatic heterocycles. The molecule has 0 aliphatic carbocycles. The third-order valence-corrected chi connectivity index (χ3v) is 3.17. The SMILES string of the molecule is C[C@@H]1C(=O)N[C@@H]2CN1CCCCC2=O. The summed E-state index contributed by atoms with van der Waals surface area (Å²) >= 11 is 0. The Bertz CT molecular complexity index is 263. The highest BCUT2D eigenvalue weighted by Gasteiger charge is 2.35. The van der Waals surface area contributed by atoms with E-state index in [2.05, 4.69) is 10.2 Å². The molecule has 2 fully saturated rings. The topological polar surface area (TPSA) is 49.4 Å². The molecule has 1 unspecified atom stereocenters. The van der Waals surface area contributed by atoms with Crippen molar-refractivity contribution in [3.05, 3.63) is 0 Å². The van der Waals surface area contributed by atoms with Gasteiger partial charge < -0.3 is 5.32 Å². The number of hydrogen-bond acceptors (Lipinski definition) is 3. The third-order valence-electron chi connectivity index (χ3n) is 3.17. The molecule has 2 bridgehead atoms. The smallest absolute Gasteiger partial charge is 0.237 e. The molecule has 0 radical (unpaired) electrons. The van der Waals surface area contributed by atoms with Crippen molar-refractivity contribution in [1.29, 1.82) is 0 Å². The zero-order chi connectivity index (χ0) is 10.1. The minimum atomic E-state index is -0.251. The Hall–Kier alpha value is -0.900. The molecule has 4 nitrogen and oxygen atoms in total. The molecule has 2 heterocycles. The quantitative estimate of drug-likeness (QED) is 0.590. The number of hydrogen-bond donors (Lipinski definition) is 1. The van der Waals surface area contributed by atoms with Crippen LogP contribution in [0.5, 0.6) is 0 Å². The van der Waals surface area contributed by atoms with Crippen molar-refractivity contribution in [3.8, 4) is 0 Å². The average molecular weight is 196 g/mol. The van der Waals surface area contributed by atoms with Gasteiger partial charge in [0.25, 0.3) is 0 Å². The average Bonchev–Trinajstić information content (AvgIpc) is 2.15. The largest absolute Gasteiger partial charge is 0.344 e. The summed E-state index contributed by atoms with van der Waals surface area (Å²) in [5, 5.41) is 2.78. The molecule has 78 valence electrons. The van der Waals surface area contributed by atoms with Crippen molar-refractivity contribution < 1.29 is 9.59 Å². The molecule has 2 aliphatic heterocycles. The van der Waals surface area contributed by atoms with E-state index < -0.39 is 0 Å². The fraction of sp³-hybridized carbons (Fsp3) is 0.800. The summed E-state index contributed by atoms with van der Waals surface area (Å²) in [6, 6.07) is -0.323. The van der Waals surface area contributed by atoms with Crippen LogP contribution in [0.25, 0.3) is 0 Å². The predicted octanol–water partition coefficient (Wildman–Crippen LogP) is -0.0717. The number of nitrogens with zero attached hydrogens (tertiary/aromatic N) is 1. The molecule has 1 amide bonds. The van der Waals surface area contributed by atoms with Crippen molar-refractivity contribution in [2.45, 2.75) is 38.3 Å². The highest BCUT2D eigenvalue weighted by molar-refractivity contribution is 5.92. The van der Waals surface area contributed by atoms with Crippen molar-refractivity contribution in [2.24, 2.45) is 0 Å². The highest BCUT2D eigenvalue weighted by Crippen LogP contribution is 2.15. The molecule has 1 N–H and O–H groups in total. The first kappa shape index (κ1) is 9.65. The molecular weight excluding hydrogens is 180 g/mol. The van der Waals surface area contributed by atoms with Crippen LogP contribution < -0.4 is 5.32 Å². The second kappa shape index (κ2) is 3.69. The number of nitrogens with one attached hydrogen (secondary N) is 1. The normalized spacial score (nSPS) is 38.5. The van der Waals surface area contributed by atoms with Crippen molar-refractivity contribution >= 4 is 11.7 Å². The molecular formula is C10H16N2O2. The van der Waals surface area contributed by atoms with Crippen LogP contribution >= 0.6 is 0 Å². The molecule has 2 rings (SSSR count). The summed E-state index contributed by atoms with van der Waals surface area (Å²) in [5.74, 6) is 0.187. The number of carbonyl (C=O) groups excluding carboxylic acids is 2. The minimum absolute atomic E-state index is 0.00324. The van der Waals surface area contributed by atoms with Gasteiger partial charge in [-0.15, -0.1) is 0 Å². The molecule has 14 heavy (non-hydrogen) atoms. The molecule has 0 aromatic carbocycles. The van der Waals surface area contributed by atoms with Gasteiger partial charge in [-0.1, -0.05) is 0 Å². The van der Waals surface area contributed by atoms with Gasteiger partial charge in [-0.25, -0.2) is 0 Å². The standard InChI is InChI=1S/C10H16N2O2/c1-7-10(14)11-8-6-12(7)5-3-2-4-9(8)13/h7-8H,2-6H2,1H3,(H,11,14)/t7-,8-/m1/s1. The number of ketones is 1. The monoisotopic (exact) mass is 196 g/mol. The van der Waals surface area contributed by atoms with Crippen molar-refractivity contribution in [3.63, 3.8) is 0 Å². The number of Topliss-reactive ketones (excluding diaryl/α,β-unsaturated/α-hetero) is 1. The third kappa shape index (κ3) is 1.66. The van der Waals surface area contributed by atoms with E-state index in [1.165, 1.54) is 0 Å². The predicted molar refractivity (Wildman–Crippen MR) is 51.8 cm³/mol. The summed E-state index contributed by atoms with van der Waals surface area (Å²) in [4.78, 5) is 25.2. The summed E-state index contributed by atoms with van der Waals surface area (Å²) in [5.41, 5.74) is 0. The van der Waals surface area contributed by atoms with Gasteiger partial charge in [0.15, 0.2) is 5.78 Å². The van der Waals surface area contributed by atoms with E-state index in [0.29, 0.717) is 13.0 Å². The fourth-order valence-corrected chi connectivity index (χ4v) is 2.15. The van der Waals surface area contributed by atoms with Crippen LogP contribution in [-0.4, -0.2) is 41.8 Å². The van der Waals surface area contributed by atoms with Crippen LogP contribution in [0.15, 0.2) is 0 Å². The second-order valence-electron chi connectivity index (χ2n) is 4.16. The first-order valence-electron chi connectivity index (χ1n) is 5.25. The lowest BCUT2D eigenvalue weighted by atomic mass is 9.98. The van der Waals surface area contributed by atoms with Gasteiger partial charge in [0.05, 0.1) is 6.04 Å². The molecule has 2 aliphatic rings. The lowest BCUT2D eigenvalue weighted by molar-refractivity contribution is -0.136. The summed E-state index contributed by atoms with van der Waals surface area (Å²) in [6.45, 7) is 3.54. The first-order chi connectivity index (χ1) is 6.68. The molecule has 3 atom stereocenters. The second-order valence-corrected chi connectivity index (χ2v) is 4.16. The van der Waals surface area contributed by atoms with Gasteiger partial charge >= 0.3 is 0 Å². The van der Waals surface area contributed by atoms with Gasteiger partial charge in [-0.3, -0.25) is 14.5 Å². The van der Waals surface area contributed by atoms with Crippen LogP contribution in [0.1, 0.15) is 26.2 Å². The van der Waals surface area contributed by atoms with Gasteiger partial charge in [0, 0.05) is 13.0 Å². The Morgan fingerprint density at radius 2 is 2.14 bits per heavy atom. The Morgan fingerprint density at radius 3 is 2.93 bits per heavy atom. The van der Waals surface area contributed by atoms with Crippen LogP contribution in [-0.2, 0) is 9.59 Å². The van der Waals surface area contributed by atoms with Gasteiger partial charge in [-0.05, 0) is 26.3 Å². The maximum atomic E-state index is 11.6. The molecule has 0 spiro atoms. The number of piperazine rings is 1. The van der Waals surface area contributed by atoms with E-state index in [9.17, 15) is 9.59 Å². The number of amides is 1. The van der Waals surface area contributed by atoms with E-state index in [-0.39, 0.29) is 23.8 Å². The summed E-state index contributed by atoms with van der Waals surface area (Å²) in [6.07, 6.45) is 2.59. The molecule has 0 saturated carbocycles. The lowest BCUT2D eigenvalue weighted by Crippen LogP contribution is -2.62. The zero-order valence-electron chi connectivity index (χ0n) is 8.45. The van der Waals surface area contributed by atoms with E-state index in [4.69, 9.17) is 0 Å². The molecule has 4 heteroatoms. The zero-order valence-corrected chi connectivity index (χ0v) is 8.45. The Balaban J connectivity index is 2.15. The van der Waals surface area contributed by atoms with E-state index in [1.807, 2.05) is 6.92 Å². The van der Waals surface area contributed by atoms with Gasteiger partial charge in [0.2, 0.25) is 5.91 Å². The van der Waals surface area contributed by atoms with Gasteiger partial charge in [0.1, 0.15) is 6.04 Å². The number of carbonyl (C=O) groups is 2. The Kier molecular flexibility index (Phi) is 2.54. The Morgan fingerprint density at radius 1 is 1.36 bits per heavy atom. The highest BCUT2D eigenvalue weighted by atomic mass is 16.2. The van der Waals surface area contributed by atoms with Gasteiger partial charge in [-0.2, -0.15) is 0 Å². The molecule has 0 aromatic rings. The maximum absolute atomic E-state index is 11.6. The number of rotatable bonds is 0. The van der Waals surface area contributed by atoms with E-state index in [0.717, 1.165) is 19.4 Å². The van der Waals surface area contributed by atoms with Crippen molar-refractivity contribution in [2.75, 3.05) is 13.1 Å². The van der Waals surface area contributed by atoms with Crippen LogP contribution in [0, 0.1) is 0 Å². The van der Waals surface area contributed by atoms with Crippen LogP contribution in [0.3, 0.4) is 0 Å². The van der Waals surface area contributed by atoms with Crippen LogP contribution in [0.4, 0.5) is 0 Å². The molecule has 2 saturated heterocycles. The van der Waals surface area contributed by atoms with E-state index in [1.54, 1.807) is 0 Å². The fourth-order valence-electron chi connectivity index (χ4n) is 2.15. The van der Waals surface area contributed by atoms with Crippen LogP contribution in [0.2, 0.25) is 0 Å². The summed E-state index contributed by atoms with van der Waals surface area (Å²) in [7, 11) is 0.